The number of hydrogen-bond donors (Lipinski definition) is 3. The molecule has 1 aliphatic carbocycles. The second-order valence-electron chi connectivity index (χ2n) is 8.11. The van der Waals surface area contributed by atoms with Crippen LogP contribution in [0.4, 0.5) is 4.79 Å². The maximum absolute atomic E-state index is 12.9. The Labute approximate surface area is 155 Å². The van der Waals surface area contributed by atoms with Gasteiger partial charge in [-0.05, 0) is 45.4 Å². The Kier molecular flexibility index (Phi) is 7.04. The highest BCUT2D eigenvalue weighted by Gasteiger charge is 2.62. The lowest BCUT2D eigenvalue weighted by molar-refractivity contribution is -0.152. The van der Waals surface area contributed by atoms with Crippen molar-refractivity contribution in [1.82, 2.24) is 10.6 Å². The first-order chi connectivity index (χ1) is 11.9. The molecule has 150 valence electrons. The molecule has 1 fully saturated rings. The van der Waals surface area contributed by atoms with Crippen molar-refractivity contribution in [2.75, 3.05) is 7.11 Å². The van der Waals surface area contributed by atoms with Crippen molar-refractivity contribution in [3.8, 4) is 0 Å². The van der Waals surface area contributed by atoms with Gasteiger partial charge in [0, 0.05) is 0 Å². The maximum atomic E-state index is 12.9. The minimum absolute atomic E-state index is 0.0530. The first kappa shape index (κ1) is 22.2. The van der Waals surface area contributed by atoms with E-state index in [1.165, 1.54) is 7.11 Å². The van der Waals surface area contributed by atoms with E-state index in [0.717, 1.165) is 0 Å². The average Bonchev–Trinajstić information content (AvgIpc) is 3.24. The van der Waals surface area contributed by atoms with Crippen LogP contribution >= 0.6 is 0 Å². The number of rotatable bonds is 7. The highest BCUT2D eigenvalue weighted by atomic mass is 16.6. The van der Waals surface area contributed by atoms with E-state index >= 15 is 0 Å². The lowest BCUT2D eigenvalue weighted by Gasteiger charge is -2.27. The van der Waals surface area contributed by atoms with E-state index in [4.69, 9.17) is 4.74 Å². The summed E-state index contributed by atoms with van der Waals surface area (Å²) in [5.74, 6) is -1.14. The van der Waals surface area contributed by atoms with Gasteiger partial charge in [-0.2, -0.15) is 0 Å². The van der Waals surface area contributed by atoms with Crippen LogP contribution in [0.15, 0.2) is 0 Å². The average molecular weight is 372 g/mol. The second-order valence-corrected chi connectivity index (χ2v) is 8.11. The van der Waals surface area contributed by atoms with Crippen molar-refractivity contribution in [1.29, 1.82) is 0 Å². The molecule has 0 aromatic rings. The molecule has 0 aromatic heterocycles. The number of aliphatic hydroxyl groups is 1. The molecule has 0 spiro atoms. The summed E-state index contributed by atoms with van der Waals surface area (Å²) in [6, 6.07) is -0.805. The molecule has 2 amide bonds. The van der Waals surface area contributed by atoms with Gasteiger partial charge in [0.15, 0.2) is 6.10 Å². The molecule has 0 aromatic carbocycles. The first-order valence-corrected chi connectivity index (χ1v) is 8.96. The van der Waals surface area contributed by atoms with E-state index in [1.54, 1.807) is 27.7 Å². The molecule has 26 heavy (non-hydrogen) atoms. The van der Waals surface area contributed by atoms with Crippen LogP contribution in [0.1, 0.15) is 54.4 Å². The molecule has 0 heterocycles. The van der Waals surface area contributed by atoms with Gasteiger partial charge in [-0.3, -0.25) is 4.79 Å². The van der Waals surface area contributed by atoms with Crippen molar-refractivity contribution in [2.24, 2.45) is 11.8 Å². The van der Waals surface area contributed by atoms with Crippen LogP contribution < -0.4 is 10.6 Å². The lowest BCUT2D eigenvalue weighted by Crippen LogP contribution is -2.57. The van der Waals surface area contributed by atoms with Gasteiger partial charge < -0.3 is 25.2 Å². The Morgan fingerprint density at radius 1 is 1.27 bits per heavy atom. The fraction of sp³-hybridized carbons (Fsp3) is 0.833. The minimum atomic E-state index is -1.47. The van der Waals surface area contributed by atoms with Gasteiger partial charge in [0.25, 0.3) is 0 Å². The van der Waals surface area contributed by atoms with Gasteiger partial charge in [-0.25, -0.2) is 9.59 Å². The van der Waals surface area contributed by atoms with Crippen LogP contribution in [0.25, 0.3) is 0 Å². The summed E-state index contributed by atoms with van der Waals surface area (Å²) in [7, 11) is 1.17. The minimum Gasteiger partial charge on any atom is -0.467 e. The highest BCUT2D eigenvalue weighted by molar-refractivity contribution is 5.94. The Morgan fingerprint density at radius 2 is 1.85 bits per heavy atom. The summed E-state index contributed by atoms with van der Waals surface area (Å²) in [6.45, 7) is 10.9. The van der Waals surface area contributed by atoms with Gasteiger partial charge in [-0.15, -0.1) is 0 Å². The smallest absolute Gasteiger partial charge is 0.408 e. The number of carbonyl (C=O) groups excluding carboxylic acids is 3. The molecule has 1 aliphatic rings. The van der Waals surface area contributed by atoms with E-state index in [9.17, 15) is 19.5 Å². The van der Waals surface area contributed by atoms with E-state index < -0.39 is 41.3 Å². The maximum Gasteiger partial charge on any atom is 0.408 e. The van der Waals surface area contributed by atoms with Crippen LogP contribution in [0.3, 0.4) is 0 Å². The quantitative estimate of drug-likeness (QED) is 0.581. The van der Waals surface area contributed by atoms with E-state index in [0.29, 0.717) is 12.8 Å². The third-order valence-corrected chi connectivity index (χ3v) is 4.53. The first-order valence-electron chi connectivity index (χ1n) is 8.96. The van der Waals surface area contributed by atoms with E-state index in [1.807, 2.05) is 13.8 Å². The summed E-state index contributed by atoms with van der Waals surface area (Å²) in [5.41, 5.74) is -1.78. The predicted molar refractivity (Wildman–Crippen MR) is 95.3 cm³/mol. The number of ether oxygens (including phenoxy) is 2. The summed E-state index contributed by atoms with van der Waals surface area (Å²) >= 11 is 0. The van der Waals surface area contributed by atoms with Gasteiger partial charge in [0.2, 0.25) is 5.91 Å². The van der Waals surface area contributed by atoms with E-state index in [-0.39, 0.29) is 11.8 Å². The van der Waals surface area contributed by atoms with Gasteiger partial charge in [0.05, 0.1) is 13.2 Å². The number of carbonyl (C=O) groups is 3. The zero-order valence-corrected chi connectivity index (χ0v) is 16.7. The molecule has 1 rings (SSSR count). The Bertz CT molecular complexity index is 542. The van der Waals surface area contributed by atoms with Crippen molar-refractivity contribution >= 4 is 18.0 Å². The molecule has 8 nitrogen and oxygen atoms in total. The second kappa shape index (κ2) is 8.24. The van der Waals surface area contributed by atoms with Crippen LogP contribution in [0.5, 0.6) is 0 Å². The molecule has 4 unspecified atom stereocenters. The van der Waals surface area contributed by atoms with Crippen LogP contribution in [0, 0.1) is 11.8 Å². The summed E-state index contributed by atoms with van der Waals surface area (Å²) in [4.78, 5) is 36.6. The molecule has 0 radical (unpaired) electrons. The number of hydrogen-bond acceptors (Lipinski definition) is 6. The number of nitrogens with one attached hydrogen (secondary N) is 2. The number of alkyl carbamates (subject to hydrolysis) is 1. The van der Waals surface area contributed by atoms with Gasteiger partial charge in [-0.1, -0.05) is 20.8 Å². The van der Waals surface area contributed by atoms with Crippen LogP contribution in [0.2, 0.25) is 0 Å². The number of esters is 1. The van der Waals surface area contributed by atoms with E-state index in [2.05, 4.69) is 15.4 Å². The molecule has 0 aliphatic heterocycles. The van der Waals surface area contributed by atoms with Gasteiger partial charge >= 0.3 is 12.1 Å². The van der Waals surface area contributed by atoms with Gasteiger partial charge in [0.1, 0.15) is 11.1 Å². The molecule has 3 N–H and O–H groups in total. The molecule has 0 saturated heterocycles. The molecule has 1 saturated carbocycles. The van der Waals surface area contributed by atoms with Crippen molar-refractivity contribution in [3.05, 3.63) is 0 Å². The summed E-state index contributed by atoms with van der Waals surface area (Å²) in [6.07, 6.45) is -1.33. The SMILES string of the molecule is CCC(NC(=O)C1(NC(=O)OC(C)(C)C)CC1C(C)C)C(O)C(=O)OC. The predicted octanol–water partition coefficient (Wildman–Crippen LogP) is 1.35. The fourth-order valence-electron chi connectivity index (χ4n) is 3.03. The largest absolute Gasteiger partial charge is 0.467 e. The zero-order chi connectivity index (χ0) is 20.3. The number of amides is 2. The Balaban J connectivity index is 2.91. The lowest BCUT2D eigenvalue weighted by atomic mass is 10.0. The third-order valence-electron chi connectivity index (χ3n) is 4.53. The number of aliphatic hydroxyl groups excluding tert-OH is 1. The Hall–Kier alpha value is -1.83. The normalized spacial score (nSPS) is 24.4. The fourth-order valence-corrected chi connectivity index (χ4v) is 3.03. The van der Waals surface area contributed by atoms with Crippen molar-refractivity contribution in [2.45, 2.75) is 77.7 Å². The zero-order valence-electron chi connectivity index (χ0n) is 16.7. The standard InChI is InChI=1S/C18H32N2O6/c1-8-12(13(21)14(22)25-7)19-15(23)18(9-11(18)10(2)3)20-16(24)26-17(4,5)6/h10-13,21H,8-9H2,1-7H3,(H,19,23)(H,20,24). The monoisotopic (exact) mass is 372 g/mol. The molecular formula is C18H32N2O6. The van der Waals surface area contributed by atoms with Crippen LogP contribution in [-0.4, -0.2) is 53.5 Å². The van der Waals surface area contributed by atoms with Crippen molar-refractivity contribution < 1.29 is 29.0 Å². The topological polar surface area (TPSA) is 114 Å². The third kappa shape index (κ3) is 5.33. The molecule has 0 bridgehead atoms. The molecule has 4 atom stereocenters. The van der Waals surface area contributed by atoms with Crippen molar-refractivity contribution in [3.63, 3.8) is 0 Å². The highest BCUT2D eigenvalue weighted by Crippen LogP contribution is 2.49. The Morgan fingerprint density at radius 3 is 2.23 bits per heavy atom. The molecule has 8 heteroatoms. The number of methoxy groups -OCH3 is 1. The summed E-state index contributed by atoms with van der Waals surface area (Å²) < 4.78 is 9.80. The van der Waals surface area contributed by atoms with Crippen LogP contribution in [-0.2, 0) is 19.1 Å². The summed E-state index contributed by atoms with van der Waals surface area (Å²) in [5, 5.41) is 15.4. The molecular weight excluding hydrogens is 340 g/mol.